The Morgan fingerprint density at radius 1 is 1.50 bits per heavy atom. The van der Waals surface area contributed by atoms with Crippen molar-refractivity contribution in [3.8, 4) is 0 Å². The van der Waals surface area contributed by atoms with Gasteiger partial charge in [0.1, 0.15) is 0 Å². The molecule has 94 valence electrons. The van der Waals surface area contributed by atoms with Crippen molar-refractivity contribution in [1.29, 1.82) is 0 Å². The fraction of sp³-hybridized carbons (Fsp3) is 0.846. The maximum Gasteiger partial charge on any atom is 0.0670 e. The highest BCUT2D eigenvalue weighted by Gasteiger charge is 2.24. The van der Waals surface area contributed by atoms with Crippen LogP contribution in [0.5, 0.6) is 0 Å². The van der Waals surface area contributed by atoms with Crippen molar-refractivity contribution in [2.75, 3.05) is 19.6 Å². The van der Waals surface area contributed by atoms with Crippen molar-refractivity contribution < 1.29 is 10.2 Å². The minimum Gasteiger partial charge on any atom is -0.393 e. The second kappa shape index (κ2) is 7.05. The summed E-state index contributed by atoms with van der Waals surface area (Å²) in [6.07, 6.45) is 5.26. The van der Waals surface area contributed by atoms with Gasteiger partial charge in [-0.15, -0.1) is 6.58 Å². The van der Waals surface area contributed by atoms with Gasteiger partial charge in [-0.2, -0.15) is 0 Å². The number of piperidine rings is 1. The van der Waals surface area contributed by atoms with E-state index >= 15 is 0 Å². The highest BCUT2D eigenvalue weighted by molar-refractivity contribution is 4.78. The first kappa shape index (κ1) is 13.7. The molecule has 0 amide bonds. The van der Waals surface area contributed by atoms with Crippen LogP contribution in [0.25, 0.3) is 0 Å². The van der Waals surface area contributed by atoms with Crippen LogP contribution < -0.4 is 0 Å². The van der Waals surface area contributed by atoms with Crippen LogP contribution in [0.3, 0.4) is 0 Å². The lowest BCUT2D eigenvalue weighted by Gasteiger charge is -2.35. The molecular weight excluding hydrogens is 202 g/mol. The molecule has 3 nitrogen and oxygen atoms in total. The van der Waals surface area contributed by atoms with Crippen LogP contribution in [0.15, 0.2) is 12.7 Å². The van der Waals surface area contributed by atoms with E-state index in [4.69, 9.17) is 0 Å². The molecule has 0 aromatic heterocycles. The maximum absolute atomic E-state index is 9.81. The van der Waals surface area contributed by atoms with Gasteiger partial charge in [0.2, 0.25) is 0 Å². The molecule has 2 N–H and O–H groups in total. The van der Waals surface area contributed by atoms with Gasteiger partial charge in [0, 0.05) is 13.1 Å². The van der Waals surface area contributed by atoms with Gasteiger partial charge in [-0.05, 0) is 45.1 Å². The summed E-state index contributed by atoms with van der Waals surface area (Å²) in [7, 11) is 0. The summed E-state index contributed by atoms with van der Waals surface area (Å²) < 4.78 is 0. The summed E-state index contributed by atoms with van der Waals surface area (Å²) in [5.74, 6) is 0.375. The van der Waals surface area contributed by atoms with E-state index in [-0.39, 0.29) is 12.2 Å². The van der Waals surface area contributed by atoms with Crippen LogP contribution in [0, 0.1) is 5.92 Å². The molecular formula is C13H25NO2. The number of hydrogen-bond acceptors (Lipinski definition) is 3. The molecule has 1 saturated heterocycles. The van der Waals surface area contributed by atoms with Gasteiger partial charge in [-0.1, -0.05) is 6.08 Å². The Morgan fingerprint density at radius 3 is 2.88 bits per heavy atom. The molecule has 0 unspecified atom stereocenters. The molecule has 3 heteroatoms. The molecule has 0 saturated carbocycles. The summed E-state index contributed by atoms with van der Waals surface area (Å²) in [6.45, 7) is 8.22. The summed E-state index contributed by atoms with van der Waals surface area (Å²) >= 11 is 0. The maximum atomic E-state index is 9.81. The van der Waals surface area contributed by atoms with Gasteiger partial charge >= 0.3 is 0 Å². The summed E-state index contributed by atoms with van der Waals surface area (Å²) in [5, 5.41) is 19.4. The molecule has 1 rings (SSSR count). The number of aliphatic hydroxyl groups is 2. The fourth-order valence-electron chi connectivity index (χ4n) is 2.35. The lowest BCUT2D eigenvalue weighted by atomic mass is 9.93. The molecule has 1 aliphatic heterocycles. The zero-order valence-corrected chi connectivity index (χ0v) is 10.3. The Morgan fingerprint density at radius 2 is 2.25 bits per heavy atom. The molecule has 0 bridgehead atoms. The molecule has 0 radical (unpaired) electrons. The average molecular weight is 227 g/mol. The smallest absolute Gasteiger partial charge is 0.0670 e. The third-order valence-corrected chi connectivity index (χ3v) is 3.40. The molecule has 1 fully saturated rings. The van der Waals surface area contributed by atoms with Crippen LogP contribution in [0.2, 0.25) is 0 Å². The largest absolute Gasteiger partial charge is 0.393 e. The molecule has 0 aliphatic carbocycles. The number of hydrogen-bond donors (Lipinski definition) is 2. The Labute approximate surface area is 98.8 Å². The predicted molar refractivity (Wildman–Crippen MR) is 66.3 cm³/mol. The first-order chi connectivity index (χ1) is 7.63. The van der Waals surface area contributed by atoms with Gasteiger partial charge < -0.3 is 15.1 Å². The van der Waals surface area contributed by atoms with Crippen LogP contribution in [-0.2, 0) is 0 Å². The number of rotatable bonds is 6. The highest BCUT2D eigenvalue weighted by Crippen LogP contribution is 2.20. The van der Waals surface area contributed by atoms with Gasteiger partial charge in [-0.3, -0.25) is 0 Å². The molecule has 0 aromatic carbocycles. The van der Waals surface area contributed by atoms with E-state index in [2.05, 4.69) is 11.5 Å². The number of allylic oxidation sites excluding steroid dienone is 1. The SMILES string of the molecule is C=CCC[C@@H](O)CN1CCC[C@H]([C@H](C)O)C1. The second-order valence-electron chi connectivity index (χ2n) is 4.92. The Hall–Kier alpha value is -0.380. The van der Waals surface area contributed by atoms with Crippen molar-refractivity contribution in [2.45, 2.75) is 44.8 Å². The minimum atomic E-state index is -0.259. The van der Waals surface area contributed by atoms with E-state index in [0.717, 1.165) is 45.3 Å². The lowest BCUT2D eigenvalue weighted by Crippen LogP contribution is -2.42. The summed E-state index contributed by atoms with van der Waals surface area (Å²) in [6, 6.07) is 0. The molecule has 1 heterocycles. The number of β-amino-alcohol motifs (C(OH)–C–C–N with tert-alkyl or cyclic N) is 1. The highest BCUT2D eigenvalue weighted by atomic mass is 16.3. The Balaban J connectivity index is 2.28. The molecule has 0 aromatic rings. The van der Waals surface area contributed by atoms with Crippen LogP contribution in [0.4, 0.5) is 0 Å². The van der Waals surface area contributed by atoms with E-state index in [9.17, 15) is 10.2 Å². The average Bonchev–Trinajstić information content (AvgIpc) is 2.26. The first-order valence-electron chi connectivity index (χ1n) is 6.33. The van der Waals surface area contributed by atoms with Crippen molar-refractivity contribution >= 4 is 0 Å². The van der Waals surface area contributed by atoms with Crippen molar-refractivity contribution in [1.82, 2.24) is 4.90 Å². The van der Waals surface area contributed by atoms with Crippen molar-refractivity contribution in [2.24, 2.45) is 5.92 Å². The lowest BCUT2D eigenvalue weighted by molar-refractivity contribution is 0.0363. The zero-order valence-electron chi connectivity index (χ0n) is 10.3. The van der Waals surface area contributed by atoms with E-state index in [1.807, 2.05) is 13.0 Å². The molecule has 3 atom stereocenters. The Kier molecular flexibility index (Phi) is 6.03. The normalized spacial score (nSPS) is 26.3. The summed E-state index contributed by atoms with van der Waals surface area (Å²) in [4.78, 5) is 2.27. The van der Waals surface area contributed by atoms with Crippen molar-refractivity contribution in [3.05, 3.63) is 12.7 Å². The predicted octanol–water partition coefficient (Wildman–Crippen LogP) is 1.41. The standard InChI is InChI=1S/C13H25NO2/c1-3-4-7-13(16)10-14-8-5-6-12(9-14)11(2)15/h3,11-13,15-16H,1,4-10H2,2H3/t11-,12-,13+/m0/s1. The van der Waals surface area contributed by atoms with Crippen LogP contribution in [0.1, 0.15) is 32.6 Å². The van der Waals surface area contributed by atoms with E-state index in [1.165, 1.54) is 0 Å². The number of likely N-dealkylation sites (tertiary alicyclic amines) is 1. The van der Waals surface area contributed by atoms with Gasteiger partial charge in [-0.25, -0.2) is 0 Å². The molecule has 0 spiro atoms. The van der Waals surface area contributed by atoms with E-state index in [0.29, 0.717) is 5.92 Å². The minimum absolute atomic E-state index is 0.229. The zero-order chi connectivity index (χ0) is 12.0. The fourth-order valence-corrected chi connectivity index (χ4v) is 2.35. The van der Waals surface area contributed by atoms with E-state index < -0.39 is 0 Å². The monoisotopic (exact) mass is 227 g/mol. The van der Waals surface area contributed by atoms with Crippen LogP contribution in [-0.4, -0.2) is 47.0 Å². The number of aliphatic hydroxyl groups excluding tert-OH is 2. The Bertz CT molecular complexity index is 206. The van der Waals surface area contributed by atoms with Gasteiger partial charge in [0.25, 0.3) is 0 Å². The van der Waals surface area contributed by atoms with Gasteiger partial charge in [0.05, 0.1) is 12.2 Å². The second-order valence-corrected chi connectivity index (χ2v) is 4.92. The van der Waals surface area contributed by atoms with E-state index in [1.54, 1.807) is 0 Å². The number of nitrogens with zero attached hydrogens (tertiary/aromatic N) is 1. The van der Waals surface area contributed by atoms with Crippen molar-refractivity contribution in [3.63, 3.8) is 0 Å². The first-order valence-corrected chi connectivity index (χ1v) is 6.33. The topological polar surface area (TPSA) is 43.7 Å². The molecule has 1 aliphatic rings. The third kappa shape index (κ3) is 4.64. The quantitative estimate of drug-likeness (QED) is 0.674. The molecule has 16 heavy (non-hydrogen) atoms. The van der Waals surface area contributed by atoms with Crippen LogP contribution >= 0.6 is 0 Å². The third-order valence-electron chi connectivity index (χ3n) is 3.40. The summed E-state index contributed by atoms with van der Waals surface area (Å²) in [5.41, 5.74) is 0. The van der Waals surface area contributed by atoms with Gasteiger partial charge in [0.15, 0.2) is 0 Å².